The van der Waals surface area contributed by atoms with Gasteiger partial charge in [0.05, 0.1) is 17.7 Å². The third-order valence-corrected chi connectivity index (χ3v) is 2.72. The molecule has 1 heterocycles. The first-order chi connectivity index (χ1) is 7.20. The minimum Gasteiger partial charge on any atom is -0.371 e. The topological polar surface area (TPSA) is 21.3 Å². The van der Waals surface area contributed by atoms with Gasteiger partial charge < -0.3 is 10.1 Å². The maximum absolute atomic E-state index is 13.2. The molecule has 1 aliphatic heterocycles. The SMILES string of the molecule is Fc1ccc(C2CNCCO2)c(Cl)c1F. The van der Waals surface area contributed by atoms with Gasteiger partial charge in [-0.2, -0.15) is 0 Å². The molecule has 1 aliphatic rings. The van der Waals surface area contributed by atoms with Crippen LogP contribution in [0, 0.1) is 11.6 Å². The van der Waals surface area contributed by atoms with Crippen LogP contribution in [0.15, 0.2) is 12.1 Å². The predicted octanol–water partition coefficient (Wildman–Crippen LogP) is 2.28. The molecule has 0 aromatic heterocycles. The van der Waals surface area contributed by atoms with Crippen LogP contribution in [0.25, 0.3) is 0 Å². The van der Waals surface area contributed by atoms with Crippen molar-refractivity contribution in [2.45, 2.75) is 6.10 Å². The molecule has 0 saturated carbocycles. The van der Waals surface area contributed by atoms with Gasteiger partial charge in [-0.05, 0) is 6.07 Å². The first-order valence-corrected chi connectivity index (χ1v) is 5.03. The second-order valence-corrected chi connectivity index (χ2v) is 3.71. The zero-order valence-corrected chi connectivity index (χ0v) is 8.65. The molecule has 82 valence electrons. The van der Waals surface area contributed by atoms with E-state index in [1.54, 1.807) is 0 Å². The van der Waals surface area contributed by atoms with Crippen LogP contribution >= 0.6 is 11.6 Å². The molecule has 0 aliphatic carbocycles. The van der Waals surface area contributed by atoms with Crippen molar-refractivity contribution in [2.24, 2.45) is 0 Å². The van der Waals surface area contributed by atoms with Gasteiger partial charge in [0.1, 0.15) is 0 Å². The molecule has 2 nitrogen and oxygen atoms in total. The van der Waals surface area contributed by atoms with Crippen molar-refractivity contribution in [3.05, 3.63) is 34.4 Å². The van der Waals surface area contributed by atoms with E-state index >= 15 is 0 Å². The van der Waals surface area contributed by atoms with Crippen molar-refractivity contribution < 1.29 is 13.5 Å². The number of nitrogens with one attached hydrogen (secondary N) is 1. The summed E-state index contributed by atoms with van der Waals surface area (Å²) < 4.78 is 31.4. The van der Waals surface area contributed by atoms with Crippen molar-refractivity contribution in [1.82, 2.24) is 5.32 Å². The van der Waals surface area contributed by atoms with Gasteiger partial charge in [-0.25, -0.2) is 8.78 Å². The number of benzene rings is 1. The van der Waals surface area contributed by atoms with Gasteiger partial charge in [-0.15, -0.1) is 0 Å². The predicted molar refractivity (Wildman–Crippen MR) is 52.9 cm³/mol. The Morgan fingerprint density at radius 3 is 2.87 bits per heavy atom. The molecule has 1 atom stereocenters. The summed E-state index contributed by atoms with van der Waals surface area (Å²) in [7, 11) is 0. The Morgan fingerprint density at radius 1 is 1.40 bits per heavy atom. The molecular formula is C10H10ClF2NO. The van der Waals surface area contributed by atoms with E-state index in [9.17, 15) is 8.78 Å². The van der Waals surface area contributed by atoms with Crippen molar-refractivity contribution in [3.8, 4) is 0 Å². The summed E-state index contributed by atoms with van der Waals surface area (Å²) >= 11 is 5.71. The Morgan fingerprint density at radius 2 is 2.20 bits per heavy atom. The monoisotopic (exact) mass is 233 g/mol. The van der Waals surface area contributed by atoms with Gasteiger partial charge in [0.15, 0.2) is 11.6 Å². The fourth-order valence-electron chi connectivity index (χ4n) is 1.55. The van der Waals surface area contributed by atoms with Gasteiger partial charge in [0.2, 0.25) is 0 Å². The summed E-state index contributed by atoms with van der Waals surface area (Å²) in [6.07, 6.45) is -0.304. The normalized spacial score (nSPS) is 21.7. The van der Waals surface area contributed by atoms with Crippen LogP contribution in [0.4, 0.5) is 8.78 Å². The molecule has 1 N–H and O–H groups in total. The molecule has 2 rings (SSSR count). The number of hydrogen-bond donors (Lipinski definition) is 1. The number of rotatable bonds is 1. The van der Waals surface area contributed by atoms with Crippen molar-refractivity contribution >= 4 is 11.6 Å². The summed E-state index contributed by atoms with van der Waals surface area (Å²) in [5.74, 6) is -1.95. The number of morpholine rings is 1. The van der Waals surface area contributed by atoms with Crippen LogP contribution in [-0.4, -0.2) is 19.7 Å². The molecule has 15 heavy (non-hydrogen) atoms. The fourth-order valence-corrected chi connectivity index (χ4v) is 1.83. The van der Waals surface area contributed by atoms with E-state index in [2.05, 4.69) is 5.32 Å². The number of halogens is 3. The summed E-state index contributed by atoms with van der Waals surface area (Å²) in [6, 6.07) is 2.52. The minimum absolute atomic E-state index is 0.191. The lowest BCUT2D eigenvalue weighted by atomic mass is 10.1. The van der Waals surface area contributed by atoms with Crippen LogP contribution in [0.2, 0.25) is 5.02 Å². The van der Waals surface area contributed by atoms with Crippen LogP contribution < -0.4 is 5.32 Å². The van der Waals surface area contributed by atoms with E-state index in [1.807, 2.05) is 0 Å². The summed E-state index contributed by atoms with van der Waals surface area (Å²) in [6.45, 7) is 1.86. The molecule has 1 aromatic rings. The molecular weight excluding hydrogens is 224 g/mol. The van der Waals surface area contributed by atoms with E-state index in [0.717, 1.165) is 12.6 Å². The molecule has 1 fully saturated rings. The number of hydrogen-bond acceptors (Lipinski definition) is 2. The maximum atomic E-state index is 13.2. The van der Waals surface area contributed by atoms with Crippen molar-refractivity contribution in [3.63, 3.8) is 0 Å². The second-order valence-electron chi connectivity index (χ2n) is 3.33. The molecule has 0 amide bonds. The highest BCUT2D eigenvalue weighted by Crippen LogP contribution is 2.29. The molecule has 1 aromatic carbocycles. The zero-order valence-electron chi connectivity index (χ0n) is 7.90. The molecule has 0 bridgehead atoms. The van der Waals surface area contributed by atoms with Crippen LogP contribution in [0.5, 0.6) is 0 Å². The minimum atomic E-state index is -1.01. The largest absolute Gasteiger partial charge is 0.371 e. The van der Waals surface area contributed by atoms with Gasteiger partial charge in [0, 0.05) is 18.7 Å². The highest BCUT2D eigenvalue weighted by atomic mass is 35.5. The Labute approximate surface area is 91.2 Å². The Kier molecular flexibility index (Phi) is 3.19. The number of ether oxygens (including phenoxy) is 1. The van der Waals surface area contributed by atoms with E-state index in [1.165, 1.54) is 6.07 Å². The smallest absolute Gasteiger partial charge is 0.177 e. The third-order valence-electron chi connectivity index (χ3n) is 2.34. The maximum Gasteiger partial charge on any atom is 0.177 e. The van der Waals surface area contributed by atoms with Crippen LogP contribution in [-0.2, 0) is 4.74 Å². The van der Waals surface area contributed by atoms with E-state index in [-0.39, 0.29) is 11.1 Å². The molecule has 1 saturated heterocycles. The Bertz CT molecular complexity index is 367. The van der Waals surface area contributed by atoms with Crippen molar-refractivity contribution in [2.75, 3.05) is 19.7 Å². The highest BCUT2D eigenvalue weighted by Gasteiger charge is 2.21. The molecule has 0 radical (unpaired) electrons. The average molecular weight is 234 g/mol. The van der Waals surface area contributed by atoms with Gasteiger partial charge in [-0.1, -0.05) is 17.7 Å². The molecule has 0 spiro atoms. The lowest BCUT2D eigenvalue weighted by molar-refractivity contribution is 0.0275. The van der Waals surface area contributed by atoms with Crippen molar-refractivity contribution in [1.29, 1.82) is 0 Å². The quantitative estimate of drug-likeness (QED) is 0.752. The molecule has 1 unspecified atom stereocenters. The lowest BCUT2D eigenvalue weighted by Gasteiger charge is -2.24. The standard InChI is InChI=1S/C10H10ClF2NO/c11-9-6(1-2-7(12)10(9)13)8-5-14-3-4-15-8/h1-2,8,14H,3-5H2. The van der Waals surface area contributed by atoms with Gasteiger partial charge >= 0.3 is 0 Å². The Hall–Kier alpha value is -0.710. The van der Waals surface area contributed by atoms with Gasteiger partial charge in [-0.3, -0.25) is 0 Å². The van der Waals surface area contributed by atoms with Crippen LogP contribution in [0.1, 0.15) is 11.7 Å². The Balaban J connectivity index is 2.31. The first kappa shape index (κ1) is 10.8. The lowest BCUT2D eigenvalue weighted by Crippen LogP contribution is -2.33. The van der Waals surface area contributed by atoms with E-state index in [4.69, 9.17) is 16.3 Å². The fraction of sp³-hybridized carbons (Fsp3) is 0.400. The average Bonchev–Trinajstić information content (AvgIpc) is 2.27. The van der Waals surface area contributed by atoms with Gasteiger partial charge in [0.25, 0.3) is 0 Å². The zero-order chi connectivity index (χ0) is 10.8. The summed E-state index contributed by atoms with van der Waals surface area (Å²) in [5, 5.41) is 2.90. The van der Waals surface area contributed by atoms with E-state index in [0.29, 0.717) is 18.7 Å². The summed E-state index contributed by atoms with van der Waals surface area (Å²) in [4.78, 5) is 0. The third kappa shape index (κ3) is 2.12. The first-order valence-electron chi connectivity index (χ1n) is 4.66. The van der Waals surface area contributed by atoms with E-state index < -0.39 is 11.6 Å². The summed E-state index contributed by atoms with van der Waals surface area (Å²) in [5.41, 5.74) is 0.489. The molecule has 5 heteroatoms. The van der Waals surface area contributed by atoms with Crippen LogP contribution in [0.3, 0.4) is 0 Å². The second kappa shape index (κ2) is 4.43. The highest BCUT2D eigenvalue weighted by molar-refractivity contribution is 6.31.